The van der Waals surface area contributed by atoms with Gasteiger partial charge in [-0.2, -0.15) is 5.10 Å². The number of hydrogen-bond acceptors (Lipinski definition) is 3. The smallest absolute Gasteiger partial charge is 0.319 e. The Bertz CT molecular complexity index is 844. The molecule has 24 heavy (non-hydrogen) atoms. The third-order valence-electron chi connectivity index (χ3n) is 3.36. The van der Waals surface area contributed by atoms with Crippen LogP contribution in [0, 0.1) is 0 Å². The van der Waals surface area contributed by atoms with Gasteiger partial charge in [0.15, 0.2) is 0 Å². The van der Waals surface area contributed by atoms with Crippen molar-refractivity contribution in [2.75, 3.05) is 5.32 Å². The number of nitrogens with zero attached hydrogens (tertiary/aromatic N) is 3. The number of urea groups is 1. The van der Waals surface area contributed by atoms with E-state index in [0.717, 1.165) is 16.8 Å². The second kappa shape index (κ2) is 7.14. The Morgan fingerprint density at radius 2 is 2.12 bits per heavy atom. The molecule has 2 heterocycles. The minimum atomic E-state index is -0.298. The Morgan fingerprint density at radius 1 is 1.25 bits per heavy atom. The topological polar surface area (TPSA) is 71.8 Å². The molecular formula is C17H16ClN5O. The fourth-order valence-electron chi connectivity index (χ4n) is 2.18. The SMILES string of the molecule is Cn1cc(-c2ccc(CNC(=O)Nc3cccc(Cl)c3)cn2)cn1. The highest BCUT2D eigenvalue weighted by Crippen LogP contribution is 2.16. The maximum absolute atomic E-state index is 11.9. The maximum atomic E-state index is 11.9. The Hall–Kier alpha value is -2.86. The highest BCUT2D eigenvalue weighted by Gasteiger charge is 2.04. The Labute approximate surface area is 144 Å². The first kappa shape index (κ1) is 16.0. The molecule has 0 atom stereocenters. The van der Waals surface area contributed by atoms with Crippen LogP contribution in [0.5, 0.6) is 0 Å². The fourth-order valence-corrected chi connectivity index (χ4v) is 2.37. The monoisotopic (exact) mass is 341 g/mol. The van der Waals surface area contributed by atoms with Gasteiger partial charge in [-0.3, -0.25) is 9.67 Å². The summed E-state index contributed by atoms with van der Waals surface area (Å²) in [5.74, 6) is 0. The molecule has 0 saturated carbocycles. The van der Waals surface area contributed by atoms with Crippen LogP contribution in [-0.2, 0) is 13.6 Å². The lowest BCUT2D eigenvalue weighted by Gasteiger charge is -2.08. The first-order chi connectivity index (χ1) is 11.6. The predicted molar refractivity (Wildman–Crippen MR) is 93.7 cm³/mol. The maximum Gasteiger partial charge on any atom is 0.319 e. The normalized spacial score (nSPS) is 10.4. The summed E-state index contributed by atoms with van der Waals surface area (Å²) in [7, 11) is 1.86. The highest BCUT2D eigenvalue weighted by atomic mass is 35.5. The largest absolute Gasteiger partial charge is 0.334 e. The number of hydrogen-bond donors (Lipinski definition) is 2. The predicted octanol–water partition coefficient (Wildman–Crippen LogP) is 3.46. The van der Waals surface area contributed by atoms with Gasteiger partial charge in [-0.1, -0.05) is 23.7 Å². The number of aromatic nitrogens is 3. The second-order valence-electron chi connectivity index (χ2n) is 5.27. The van der Waals surface area contributed by atoms with Gasteiger partial charge in [-0.05, 0) is 29.8 Å². The summed E-state index contributed by atoms with van der Waals surface area (Å²) in [6.45, 7) is 0.382. The molecular weight excluding hydrogens is 326 g/mol. The molecule has 3 rings (SSSR count). The molecule has 122 valence electrons. The van der Waals surface area contributed by atoms with Crippen molar-refractivity contribution in [3.63, 3.8) is 0 Å². The Morgan fingerprint density at radius 3 is 2.79 bits per heavy atom. The van der Waals surface area contributed by atoms with E-state index in [1.54, 1.807) is 41.3 Å². The van der Waals surface area contributed by atoms with Crippen LogP contribution in [0.4, 0.5) is 10.5 Å². The molecule has 0 unspecified atom stereocenters. The van der Waals surface area contributed by atoms with Gasteiger partial charge < -0.3 is 10.6 Å². The van der Waals surface area contributed by atoms with Crippen molar-refractivity contribution in [1.29, 1.82) is 0 Å². The molecule has 2 N–H and O–H groups in total. The molecule has 0 fully saturated rings. The number of pyridine rings is 1. The van der Waals surface area contributed by atoms with Crippen LogP contribution < -0.4 is 10.6 Å². The first-order valence-electron chi connectivity index (χ1n) is 7.34. The molecule has 0 aliphatic heterocycles. The summed E-state index contributed by atoms with van der Waals surface area (Å²) in [5.41, 5.74) is 3.35. The number of amides is 2. The number of rotatable bonds is 4. The summed E-state index contributed by atoms with van der Waals surface area (Å²) in [4.78, 5) is 16.3. The number of carbonyl (C=O) groups is 1. The fraction of sp³-hybridized carbons (Fsp3) is 0.118. The van der Waals surface area contributed by atoms with Gasteiger partial charge in [0.2, 0.25) is 0 Å². The number of aryl methyl sites for hydroxylation is 1. The molecule has 0 aliphatic carbocycles. The lowest BCUT2D eigenvalue weighted by Crippen LogP contribution is -2.28. The zero-order valence-electron chi connectivity index (χ0n) is 13.0. The van der Waals surface area contributed by atoms with Crippen molar-refractivity contribution in [2.45, 2.75) is 6.54 Å². The van der Waals surface area contributed by atoms with Crippen LogP contribution in [0.1, 0.15) is 5.56 Å². The van der Waals surface area contributed by atoms with Crippen LogP contribution in [0.2, 0.25) is 5.02 Å². The van der Waals surface area contributed by atoms with Gasteiger partial charge in [0, 0.05) is 42.3 Å². The summed E-state index contributed by atoms with van der Waals surface area (Å²) in [6, 6.07) is 10.5. The zero-order chi connectivity index (χ0) is 16.9. The van der Waals surface area contributed by atoms with E-state index in [0.29, 0.717) is 17.3 Å². The number of halogens is 1. The zero-order valence-corrected chi connectivity index (χ0v) is 13.8. The minimum Gasteiger partial charge on any atom is -0.334 e. The molecule has 3 aromatic rings. The molecule has 2 amide bonds. The molecule has 0 radical (unpaired) electrons. The van der Waals surface area contributed by atoms with Gasteiger partial charge in [-0.15, -0.1) is 0 Å². The van der Waals surface area contributed by atoms with Crippen molar-refractivity contribution >= 4 is 23.3 Å². The number of anilines is 1. The van der Waals surface area contributed by atoms with E-state index >= 15 is 0 Å². The second-order valence-corrected chi connectivity index (χ2v) is 5.71. The van der Waals surface area contributed by atoms with Crippen molar-refractivity contribution in [2.24, 2.45) is 7.05 Å². The minimum absolute atomic E-state index is 0.298. The van der Waals surface area contributed by atoms with Crippen LogP contribution >= 0.6 is 11.6 Å². The van der Waals surface area contributed by atoms with Crippen LogP contribution in [0.15, 0.2) is 55.0 Å². The molecule has 0 saturated heterocycles. The lowest BCUT2D eigenvalue weighted by molar-refractivity contribution is 0.251. The van der Waals surface area contributed by atoms with Crippen molar-refractivity contribution in [3.05, 3.63) is 65.6 Å². The highest BCUT2D eigenvalue weighted by molar-refractivity contribution is 6.30. The third-order valence-corrected chi connectivity index (χ3v) is 3.60. The van der Waals surface area contributed by atoms with Crippen molar-refractivity contribution in [3.8, 4) is 11.3 Å². The van der Waals surface area contributed by atoms with Crippen molar-refractivity contribution in [1.82, 2.24) is 20.1 Å². The van der Waals surface area contributed by atoms with E-state index in [4.69, 9.17) is 11.6 Å². The quantitative estimate of drug-likeness (QED) is 0.763. The van der Waals surface area contributed by atoms with Gasteiger partial charge >= 0.3 is 6.03 Å². The van der Waals surface area contributed by atoms with E-state index in [9.17, 15) is 4.79 Å². The van der Waals surface area contributed by atoms with Crippen LogP contribution in [-0.4, -0.2) is 20.8 Å². The van der Waals surface area contributed by atoms with Gasteiger partial charge in [0.25, 0.3) is 0 Å². The summed E-state index contributed by atoms with van der Waals surface area (Å²) in [5, 5.41) is 10.2. The number of carbonyl (C=O) groups excluding carboxylic acids is 1. The summed E-state index contributed by atoms with van der Waals surface area (Å²) >= 11 is 5.88. The van der Waals surface area contributed by atoms with Crippen LogP contribution in [0.3, 0.4) is 0 Å². The Kier molecular flexibility index (Phi) is 4.77. The molecule has 7 heteroatoms. The molecule has 0 aliphatic rings. The molecule has 2 aromatic heterocycles. The first-order valence-corrected chi connectivity index (χ1v) is 7.72. The van der Waals surface area contributed by atoms with E-state index < -0.39 is 0 Å². The van der Waals surface area contributed by atoms with Gasteiger partial charge in [-0.25, -0.2) is 4.79 Å². The Balaban J connectivity index is 1.55. The van der Waals surface area contributed by atoms with E-state index in [-0.39, 0.29) is 6.03 Å². The summed E-state index contributed by atoms with van der Waals surface area (Å²) < 4.78 is 1.73. The van der Waals surface area contributed by atoms with Gasteiger partial charge in [0.1, 0.15) is 0 Å². The molecule has 1 aromatic carbocycles. The average molecular weight is 342 g/mol. The molecule has 0 bridgehead atoms. The molecule has 6 nitrogen and oxygen atoms in total. The van der Waals surface area contributed by atoms with E-state index in [1.165, 1.54) is 0 Å². The van der Waals surface area contributed by atoms with E-state index in [2.05, 4.69) is 20.7 Å². The standard InChI is InChI=1S/C17H16ClN5O/c1-23-11-13(10-21-23)16-6-5-12(8-19-16)9-20-17(24)22-15-4-2-3-14(18)7-15/h2-8,10-11H,9H2,1H3,(H2,20,22,24). The van der Waals surface area contributed by atoms with Crippen molar-refractivity contribution < 1.29 is 4.79 Å². The van der Waals surface area contributed by atoms with Gasteiger partial charge in [0.05, 0.1) is 11.9 Å². The van der Waals surface area contributed by atoms with E-state index in [1.807, 2.05) is 25.4 Å². The van der Waals surface area contributed by atoms with Crippen LogP contribution in [0.25, 0.3) is 11.3 Å². The third kappa shape index (κ3) is 4.11. The lowest BCUT2D eigenvalue weighted by atomic mass is 10.2. The molecule has 0 spiro atoms. The number of nitrogens with one attached hydrogen (secondary N) is 2. The number of benzene rings is 1. The average Bonchev–Trinajstić information content (AvgIpc) is 3.00. The summed E-state index contributed by atoms with van der Waals surface area (Å²) in [6.07, 6.45) is 5.40.